The molecule has 0 aliphatic carbocycles. The molecule has 172 valence electrons. The Hall–Kier alpha value is -2.80. The molecule has 2 saturated heterocycles. The Labute approximate surface area is 196 Å². The molecule has 2 aliphatic rings. The number of aromatic nitrogens is 1. The average molecular weight is 458 g/mol. The minimum Gasteiger partial charge on any atom is -0.372 e. The van der Waals surface area contributed by atoms with Crippen LogP contribution in [0.2, 0.25) is 0 Å². The summed E-state index contributed by atoms with van der Waals surface area (Å²) in [4.78, 5) is 35.6. The van der Waals surface area contributed by atoms with Crippen molar-refractivity contribution < 1.29 is 9.59 Å². The number of rotatable bonds is 7. The molecule has 2 aliphatic heterocycles. The molecule has 2 aromatic rings. The van der Waals surface area contributed by atoms with E-state index in [1.54, 1.807) is 6.20 Å². The van der Waals surface area contributed by atoms with E-state index >= 15 is 0 Å². The van der Waals surface area contributed by atoms with Gasteiger partial charge in [-0.15, -0.1) is 12.4 Å². The molecule has 1 aromatic carbocycles. The van der Waals surface area contributed by atoms with Gasteiger partial charge in [-0.25, -0.2) is 4.98 Å². The van der Waals surface area contributed by atoms with Crippen molar-refractivity contribution in [1.29, 1.82) is 0 Å². The van der Waals surface area contributed by atoms with Gasteiger partial charge in [0.2, 0.25) is 11.8 Å². The maximum Gasteiger partial charge on any atom is 0.224 e. The van der Waals surface area contributed by atoms with Gasteiger partial charge in [0, 0.05) is 69.7 Å². The lowest BCUT2D eigenvalue weighted by molar-refractivity contribution is -0.131. The molecule has 0 unspecified atom stereocenters. The predicted molar refractivity (Wildman–Crippen MR) is 131 cm³/mol. The van der Waals surface area contributed by atoms with Crippen LogP contribution < -0.4 is 15.1 Å². The zero-order chi connectivity index (χ0) is 21.5. The first kappa shape index (κ1) is 23.9. The van der Waals surface area contributed by atoms with Gasteiger partial charge in [-0.1, -0.05) is 6.07 Å². The van der Waals surface area contributed by atoms with Gasteiger partial charge >= 0.3 is 0 Å². The molecule has 0 spiro atoms. The van der Waals surface area contributed by atoms with Crippen LogP contribution >= 0.6 is 12.4 Å². The highest BCUT2D eigenvalue weighted by Crippen LogP contribution is 2.22. The van der Waals surface area contributed by atoms with Crippen molar-refractivity contribution in [2.45, 2.75) is 32.1 Å². The first-order valence-electron chi connectivity index (χ1n) is 11.3. The summed E-state index contributed by atoms with van der Waals surface area (Å²) in [5.74, 6) is 1.05. The standard InChI is InChI=1S/C24H31N5O2.ClH/c30-23(26-20-9-11-21(12-10-20)27-14-3-4-15-27)7-5-8-24(31)29-18-16-28(17-19-29)22-6-1-2-13-25-22;/h1-2,6,9-13H,3-5,7-8,14-19H2,(H,26,30);1H. The monoisotopic (exact) mass is 457 g/mol. The second-order valence-corrected chi connectivity index (χ2v) is 8.20. The number of carbonyl (C=O) groups is 2. The number of halogens is 1. The van der Waals surface area contributed by atoms with Crippen LogP contribution in [-0.2, 0) is 9.59 Å². The summed E-state index contributed by atoms with van der Waals surface area (Å²) in [6.45, 7) is 5.19. The van der Waals surface area contributed by atoms with Crippen LogP contribution in [0.15, 0.2) is 48.7 Å². The SMILES string of the molecule is Cl.O=C(CCCC(=O)N1CCN(c2ccccn2)CC1)Nc1ccc(N2CCCC2)cc1. The topological polar surface area (TPSA) is 68.8 Å². The molecule has 1 N–H and O–H groups in total. The largest absolute Gasteiger partial charge is 0.372 e. The summed E-state index contributed by atoms with van der Waals surface area (Å²) in [6.07, 6.45) is 5.61. The van der Waals surface area contributed by atoms with Crippen LogP contribution in [0, 0.1) is 0 Å². The first-order valence-corrected chi connectivity index (χ1v) is 11.3. The summed E-state index contributed by atoms with van der Waals surface area (Å²) in [5, 5.41) is 2.94. The van der Waals surface area contributed by atoms with E-state index in [9.17, 15) is 9.59 Å². The van der Waals surface area contributed by atoms with E-state index in [-0.39, 0.29) is 24.2 Å². The molecule has 2 amide bonds. The van der Waals surface area contributed by atoms with E-state index < -0.39 is 0 Å². The number of amides is 2. The summed E-state index contributed by atoms with van der Waals surface area (Å²) in [7, 11) is 0. The lowest BCUT2D eigenvalue weighted by Gasteiger charge is -2.35. The van der Waals surface area contributed by atoms with E-state index in [0.29, 0.717) is 32.4 Å². The van der Waals surface area contributed by atoms with E-state index in [4.69, 9.17) is 0 Å². The number of hydrogen-bond donors (Lipinski definition) is 1. The Morgan fingerprint density at radius 3 is 2.22 bits per heavy atom. The van der Waals surface area contributed by atoms with Gasteiger partial charge in [0.25, 0.3) is 0 Å². The molecule has 0 atom stereocenters. The number of nitrogens with one attached hydrogen (secondary N) is 1. The molecule has 2 fully saturated rings. The van der Waals surface area contributed by atoms with Gasteiger partial charge in [0.15, 0.2) is 0 Å². The van der Waals surface area contributed by atoms with Crippen molar-refractivity contribution in [3.63, 3.8) is 0 Å². The fraction of sp³-hybridized carbons (Fsp3) is 0.458. The molecule has 0 saturated carbocycles. The zero-order valence-electron chi connectivity index (χ0n) is 18.4. The lowest BCUT2D eigenvalue weighted by Crippen LogP contribution is -2.49. The highest BCUT2D eigenvalue weighted by atomic mass is 35.5. The zero-order valence-corrected chi connectivity index (χ0v) is 19.2. The number of piperazine rings is 1. The fourth-order valence-corrected chi connectivity index (χ4v) is 4.24. The lowest BCUT2D eigenvalue weighted by atomic mass is 10.2. The quantitative estimate of drug-likeness (QED) is 0.688. The maximum absolute atomic E-state index is 12.5. The number of hydrogen-bond acceptors (Lipinski definition) is 5. The second-order valence-electron chi connectivity index (χ2n) is 8.20. The molecular formula is C24H32ClN5O2. The van der Waals surface area contributed by atoms with Crippen molar-refractivity contribution in [3.8, 4) is 0 Å². The minimum absolute atomic E-state index is 0. The van der Waals surface area contributed by atoms with Crippen molar-refractivity contribution in [2.24, 2.45) is 0 Å². The summed E-state index contributed by atoms with van der Waals surface area (Å²) >= 11 is 0. The van der Waals surface area contributed by atoms with Crippen LogP contribution in [0.5, 0.6) is 0 Å². The van der Waals surface area contributed by atoms with Crippen molar-refractivity contribution in [2.75, 3.05) is 54.4 Å². The van der Waals surface area contributed by atoms with Gasteiger partial charge in [0.05, 0.1) is 0 Å². The third kappa shape index (κ3) is 6.36. The van der Waals surface area contributed by atoms with E-state index in [0.717, 1.165) is 37.7 Å². The minimum atomic E-state index is -0.0401. The van der Waals surface area contributed by atoms with Crippen LogP contribution in [0.4, 0.5) is 17.2 Å². The normalized spacial score (nSPS) is 15.9. The van der Waals surface area contributed by atoms with Crippen molar-refractivity contribution >= 4 is 41.4 Å². The van der Waals surface area contributed by atoms with E-state index in [1.165, 1.54) is 18.5 Å². The Morgan fingerprint density at radius 2 is 1.56 bits per heavy atom. The Balaban J connectivity index is 0.00000289. The molecule has 8 heteroatoms. The second kappa shape index (κ2) is 11.7. The number of nitrogens with zero attached hydrogens (tertiary/aromatic N) is 4. The number of carbonyl (C=O) groups excluding carboxylic acids is 2. The molecule has 3 heterocycles. The molecule has 4 rings (SSSR count). The van der Waals surface area contributed by atoms with Gasteiger partial charge in [-0.3, -0.25) is 9.59 Å². The summed E-state index contributed by atoms with van der Waals surface area (Å²) in [6, 6.07) is 13.9. The molecule has 0 radical (unpaired) electrons. The van der Waals surface area contributed by atoms with E-state index in [1.807, 2.05) is 35.2 Å². The molecule has 32 heavy (non-hydrogen) atoms. The highest BCUT2D eigenvalue weighted by Gasteiger charge is 2.21. The number of pyridine rings is 1. The van der Waals surface area contributed by atoms with Crippen molar-refractivity contribution in [1.82, 2.24) is 9.88 Å². The summed E-state index contributed by atoms with van der Waals surface area (Å²) < 4.78 is 0. The Kier molecular flexibility index (Phi) is 8.73. The molecule has 7 nitrogen and oxygen atoms in total. The molecular weight excluding hydrogens is 426 g/mol. The predicted octanol–water partition coefficient (Wildman–Crippen LogP) is 3.56. The van der Waals surface area contributed by atoms with E-state index in [2.05, 4.69) is 32.2 Å². The average Bonchev–Trinajstić information content (AvgIpc) is 3.35. The third-order valence-electron chi connectivity index (χ3n) is 6.02. The number of benzene rings is 1. The van der Waals surface area contributed by atoms with Gasteiger partial charge in [-0.05, 0) is 55.7 Å². The van der Waals surface area contributed by atoms with Crippen LogP contribution in [0.3, 0.4) is 0 Å². The summed E-state index contributed by atoms with van der Waals surface area (Å²) in [5.41, 5.74) is 2.02. The molecule has 0 bridgehead atoms. The smallest absolute Gasteiger partial charge is 0.224 e. The van der Waals surface area contributed by atoms with Crippen LogP contribution in [-0.4, -0.2) is 61.0 Å². The Morgan fingerprint density at radius 1 is 0.844 bits per heavy atom. The first-order chi connectivity index (χ1) is 15.2. The maximum atomic E-state index is 12.5. The number of anilines is 3. The Bertz CT molecular complexity index is 864. The fourth-order valence-electron chi connectivity index (χ4n) is 4.24. The van der Waals surface area contributed by atoms with Crippen molar-refractivity contribution in [3.05, 3.63) is 48.7 Å². The van der Waals surface area contributed by atoms with Crippen LogP contribution in [0.1, 0.15) is 32.1 Å². The molecule has 1 aromatic heterocycles. The van der Waals surface area contributed by atoms with Gasteiger partial charge in [0.1, 0.15) is 5.82 Å². The highest BCUT2D eigenvalue weighted by molar-refractivity contribution is 5.91. The van der Waals surface area contributed by atoms with Gasteiger partial charge in [-0.2, -0.15) is 0 Å². The third-order valence-corrected chi connectivity index (χ3v) is 6.02. The van der Waals surface area contributed by atoms with Crippen LogP contribution in [0.25, 0.3) is 0 Å². The van der Waals surface area contributed by atoms with Gasteiger partial charge < -0.3 is 20.0 Å².